The van der Waals surface area contributed by atoms with Gasteiger partial charge in [-0.3, -0.25) is 0 Å². The number of oxazole rings is 1. The Kier molecular flexibility index (Phi) is 3.48. The van der Waals surface area contributed by atoms with Crippen molar-refractivity contribution in [3.63, 3.8) is 0 Å². The third-order valence-electron chi connectivity index (χ3n) is 5.72. The molecule has 1 saturated carbocycles. The lowest BCUT2D eigenvalue weighted by Crippen LogP contribution is -2.19. The van der Waals surface area contributed by atoms with Gasteiger partial charge in [-0.25, -0.2) is 4.98 Å². The van der Waals surface area contributed by atoms with Crippen LogP contribution in [-0.4, -0.2) is 4.98 Å². The summed E-state index contributed by atoms with van der Waals surface area (Å²) in [5.41, 5.74) is 4.67. The number of aromatic nitrogens is 1. The van der Waals surface area contributed by atoms with Crippen LogP contribution in [0.2, 0.25) is 0 Å². The highest BCUT2D eigenvalue weighted by atomic mass is 16.3. The Labute approximate surface area is 137 Å². The highest BCUT2D eigenvalue weighted by Gasteiger charge is 2.35. The Hall–Kier alpha value is -2.09. The molecular formula is C21H23NO. The third kappa shape index (κ3) is 2.56. The lowest BCUT2D eigenvalue weighted by atomic mass is 9.73. The van der Waals surface area contributed by atoms with Crippen LogP contribution in [0, 0.1) is 5.41 Å². The van der Waals surface area contributed by atoms with Gasteiger partial charge < -0.3 is 4.42 Å². The maximum Gasteiger partial charge on any atom is 0.227 e. The molecule has 0 spiro atoms. The number of hydrogen-bond acceptors (Lipinski definition) is 2. The molecule has 3 aromatic rings. The van der Waals surface area contributed by atoms with E-state index in [1.807, 2.05) is 24.3 Å². The van der Waals surface area contributed by atoms with Crippen molar-refractivity contribution < 1.29 is 4.42 Å². The van der Waals surface area contributed by atoms with Crippen molar-refractivity contribution in [1.29, 1.82) is 0 Å². The molecule has 2 nitrogen and oxygen atoms in total. The topological polar surface area (TPSA) is 26.0 Å². The van der Waals surface area contributed by atoms with Gasteiger partial charge in [0.1, 0.15) is 5.52 Å². The fourth-order valence-corrected chi connectivity index (χ4v) is 3.95. The van der Waals surface area contributed by atoms with Crippen LogP contribution in [0.15, 0.2) is 52.9 Å². The second kappa shape index (κ2) is 5.52. The number of benzene rings is 2. The molecule has 23 heavy (non-hydrogen) atoms. The van der Waals surface area contributed by atoms with E-state index in [2.05, 4.69) is 43.1 Å². The largest absolute Gasteiger partial charge is 0.436 e. The van der Waals surface area contributed by atoms with E-state index in [-0.39, 0.29) is 0 Å². The minimum atomic E-state index is 0.430. The van der Waals surface area contributed by atoms with Gasteiger partial charge in [-0.05, 0) is 54.0 Å². The summed E-state index contributed by atoms with van der Waals surface area (Å²) in [6, 6.07) is 16.7. The summed E-state index contributed by atoms with van der Waals surface area (Å²) < 4.78 is 5.93. The Morgan fingerprint density at radius 1 is 1.04 bits per heavy atom. The molecule has 0 bridgehead atoms. The average molecular weight is 305 g/mol. The molecule has 2 aromatic carbocycles. The zero-order valence-electron chi connectivity index (χ0n) is 13.9. The lowest BCUT2D eigenvalue weighted by molar-refractivity contribution is 0.276. The van der Waals surface area contributed by atoms with Gasteiger partial charge in [-0.1, -0.05) is 51.0 Å². The van der Waals surface area contributed by atoms with Crippen LogP contribution >= 0.6 is 0 Å². The summed E-state index contributed by atoms with van der Waals surface area (Å²) in [5.74, 6) is 1.28. The molecule has 1 fully saturated rings. The van der Waals surface area contributed by atoms with Crippen molar-refractivity contribution in [1.82, 2.24) is 4.98 Å². The van der Waals surface area contributed by atoms with Crippen molar-refractivity contribution >= 4 is 11.1 Å². The summed E-state index contributed by atoms with van der Waals surface area (Å²) in [6.45, 7) is 4.81. The van der Waals surface area contributed by atoms with E-state index < -0.39 is 0 Å². The highest BCUT2D eigenvalue weighted by Crippen LogP contribution is 2.48. The molecule has 1 atom stereocenters. The molecule has 4 rings (SSSR count). The van der Waals surface area contributed by atoms with E-state index in [1.165, 1.54) is 31.2 Å². The molecule has 1 unspecified atom stereocenters. The van der Waals surface area contributed by atoms with Crippen LogP contribution < -0.4 is 0 Å². The van der Waals surface area contributed by atoms with Crippen molar-refractivity contribution in [2.24, 2.45) is 5.41 Å². The van der Waals surface area contributed by atoms with E-state index in [0.717, 1.165) is 22.6 Å². The van der Waals surface area contributed by atoms with Crippen LogP contribution in [0.25, 0.3) is 22.6 Å². The highest BCUT2D eigenvalue weighted by molar-refractivity contribution is 5.76. The maximum absolute atomic E-state index is 5.93. The van der Waals surface area contributed by atoms with Crippen LogP contribution in [0.5, 0.6) is 0 Å². The first-order chi connectivity index (χ1) is 11.2. The first-order valence-corrected chi connectivity index (χ1v) is 8.62. The van der Waals surface area contributed by atoms with E-state index in [1.54, 1.807) is 0 Å². The summed E-state index contributed by atoms with van der Waals surface area (Å²) in [7, 11) is 0. The molecular weight excluding hydrogens is 282 g/mol. The number of rotatable bonds is 3. The Morgan fingerprint density at radius 2 is 1.83 bits per heavy atom. The number of fused-ring (bicyclic) bond motifs is 1. The Morgan fingerprint density at radius 3 is 2.61 bits per heavy atom. The molecule has 0 N–H and O–H groups in total. The van der Waals surface area contributed by atoms with Crippen LogP contribution in [0.3, 0.4) is 0 Å². The van der Waals surface area contributed by atoms with E-state index in [4.69, 9.17) is 4.42 Å². The molecule has 2 heteroatoms. The molecule has 118 valence electrons. The van der Waals surface area contributed by atoms with Crippen molar-refractivity contribution in [3.8, 4) is 11.5 Å². The minimum Gasteiger partial charge on any atom is -0.436 e. The van der Waals surface area contributed by atoms with Gasteiger partial charge in [0.25, 0.3) is 0 Å². The summed E-state index contributed by atoms with van der Waals surface area (Å²) in [6.07, 6.45) is 5.40. The SMILES string of the molecule is CC(c1cccc(-c2nc3ccccc3o2)c1)C1(C)CCCC1. The number of nitrogens with zero attached hydrogens (tertiary/aromatic N) is 1. The normalized spacial score (nSPS) is 18.3. The molecule has 1 aliphatic carbocycles. The minimum absolute atomic E-state index is 0.430. The van der Waals surface area contributed by atoms with Gasteiger partial charge in [-0.2, -0.15) is 0 Å². The first-order valence-electron chi connectivity index (χ1n) is 8.62. The quantitative estimate of drug-likeness (QED) is 0.577. The fourth-order valence-electron chi connectivity index (χ4n) is 3.95. The van der Waals surface area contributed by atoms with Crippen LogP contribution in [0.1, 0.15) is 51.0 Å². The van der Waals surface area contributed by atoms with Gasteiger partial charge in [0.2, 0.25) is 5.89 Å². The fraction of sp³-hybridized carbons (Fsp3) is 0.381. The molecule has 0 amide bonds. The molecule has 1 aromatic heterocycles. The van der Waals surface area contributed by atoms with Crippen molar-refractivity contribution in [2.45, 2.75) is 45.4 Å². The smallest absolute Gasteiger partial charge is 0.227 e. The summed E-state index contributed by atoms with van der Waals surface area (Å²) in [5, 5.41) is 0. The molecule has 0 radical (unpaired) electrons. The third-order valence-corrected chi connectivity index (χ3v) is 5.72. The second-order valence-corrected chi connectivity index (χ2v) is 7.20. The van der Waals surface area contributed by atoms with Crippen molar-refractivity contribution in [3.05, 3.63) is 54.1 Å². The van der Waals surface area contributed by atoms with Crippen LogP contribution in [-0.2, 0) is 0 Å². The maximum atomic E-state index is 5.93. The summed E-state index contributed by atoms with van der Waals surface area (Å²) >= 11 is 0. The van der Waals surface area contributed by atoms with Gasteiger partial charge in [0, 0.05) is 5.56 Å². The molecule has 0 saturated heterocycles. The van der Waals surface area contributed by atoms with E-state index in [9.17, 15) is 0 Å². The van der Waals surface area contributed by atoms with Gasteiger partial charge in [0.05, 0.1) is 0 Å². The number of para-hydroxylation sites is 2. The standard InChI is InChI=1S/C21H23NO/c1-15(21(2)12-5-6-13-21)16-8-7-9-17(14-16)20-22-18-10-3-4-11-19(18)23-20/h3-4,7-11,14-15H,5-6,12-13H2,1-2H3. The monoisotopic (exact) mass is 305 g/mol. The molecule has 0 aliphatic heterocycles. The van der Waals surface area contributed by atoms with E-state index >= 15 is 0 Å². The lowest BCUT2D eigenvalue weighted by Gasteiger charge is -2.32. The van der Waals surface area contributed by atoms with Crippen LogP contribution in [0.4, 0.5) is 0 Å². The van der Waals surface area contributed by atoms with Gasteiger partial charge in [0.15, 0.2) is 5.58 Å². The predicted molar refractivity (Wildman–Crippen MR) is 94.4 cm³/mol. The zero-order valence-corrected chi connectivity index (χ0v) is 13.9. The zero-order chi connectivity index (χ0) is 15.9. The predicted octanol–water partition coefficient (Wildman–Crippen LogP) is 6.18. The van der Waals surface area contributed by atoms with Gasteiger partial charge in [-0.15, -0.1) is 0 Å². The summed E-state index contributed by atoms with van der Waals surface area (Å²) in [4.78, 5) is 4.63. The van der Waals surface area contributed by atoms with E-state index in [0.29, 0.717) is 11.3 Å². The number of hydrogen-bond donors (Lipinski definition) is 0. The first kappa shape index (κ1) is 14.5. The molecule has 1 heterocycles. The second-order valence-electron chi connectivity index (χ2n) is 7.20. The Balaban J connectivity index is 1.70. The Bertz CT molecular complexity index is 793. The average Bonchev–Trinajstić information content (AvgIpc) is 3.21. The van der Waals surface area contributed by atoms with Crippen molar-refractivity contribution in [2.75, 3.05) is 0 Å². The molecule has 1 aliphatic rings. The van der Waals surface area contributed by atoms with Gasteiger partial charge >= 0.3 is 0 Å².